The van der Waals surface area contributed by atoms with E-state index in [1.807, 2.05) is 13.0 Å². The zero-order valence-electron chi connectivity index (χ0n) is 9.81. The van der Waals surface area contributed by atoms with Crippen molar-refractivity contribution < 1.29 is 0 Å². The first-order chi connectivity index (χ1) is 8.72. The van der Waals surface area contributed by atoms with Gasteiger partial charge in [0.15, 0.2) is 0 Å². The fourth-order valence-electron chi connectivity index (χ4n) is 1.53. The summed E-state index contributed by atoms with van der Waals surface area (Å²) in [7, 11) is 0. The fourth-order valence-corrected chi connectivity index (χ4v) is 1.53. The molecule has 2 aromatic rings. The first kappa shape index (κ1) is 11.6. The number of hydrogen-bond acceptors (Lipinski definition) is 4. The molecule has 1 aromatic heterocycles. The number of hydrogen-bond donors (Lipinski definition) is 1. The number of pyridine rings is 1. The van der Waals surface area contributed by atoms with Crippen LogP contribution >= 0.6 is 0 Å². The summed E-state index contributed by atoms with van der Waals surface area (Å²) in [6, 6.07) is 12.8. The Labute approximate surface area is 105 Å². The van der Waals surface area contributed by atoms with Gasteiger partial charge in [-0.3, -0.25) is 0 Å². The minimum absolute atomic E-state index is 0.543. The smallest absolute Gasteiger partial charge is 0.131 e. The van der Waals surface area contributed by atoms with Gasteiger partial charge in [0.1, 0.15) is 5.82 Å². The molecule has 0 saturated carbocycles. The zero-order chi connectivity index (χ0) is 13.0. The van der Waals surface area contributed by atoms with Crippen molar-refractivity contribution >= 4 is 11.5 Å². The third kappa shape index (κ3) is 2.45. The molecule has 1 N–H and O–H groups in total. The molecule has 0 aliphatic rings. The van der Waals surface area contributed by atoms with Gasteiger partial charge in [0, 0.05) is 11.9 Å². The molecule has 0 amide bonds. The summed E-state index contributed by atoms with van der Waals surface area (Å²) in [5.74, 6) is 0.590. The van der Waals surface area contributed by atoms with Gasteiger partial charge in [-0.05, 0) is 36.8 Å². The van der Waals surface area contributed by atoms with Crippen LogP contribution in [-0.2, 0) is 0 Å². The zero-order valence-corrected chi connectivity index (χ0v) is 9.81. The van der Waals surface area contributed by atoms with Gasteiger partial charge in [0.05, 0.1) is 23.3 Å². The Morgan fingerprint density at radius 1 is 1.06 bits per heavy atom. The molecule has 0 aliphatic carbocycles. The van der Waals surface area contributed by atoms with Crippen molar-refractivity contribution in [3.05, 3.63) is 53.2 Å². The van der Waals surface area contributed by atoms with E-state index in [0.717, 1.165) is 11.3 Å². The maximum absolute atomic E-state index is 8.86. The van der Waals surface area contributed by atoms with Crippen molar-refractivity contribution in [1.29, 1.82) is 10.5 Å². The van der Waals surface area contributed by atoms with Gasteiger partial charge < -0.3 is 5.32 Å². The monoisotopic (exact) mass is 234 g/mol. The summed E-state index contributed by atoms with van der Waals surface area (Å²) in [5, 5.41) is 20.8. The number of nitrogens with one attached hydrogen (secondary N) is 1. The number of nitriles is 2. The molecule has 0 spiro atoms. The highest BCUT2D eigenvalue weighted by atomic mass is 15.0. The van der Waals surface area contributed by atoms with E-state index in [-0.39, 0.29) is 0 Å². The van der Waals surface area contributed by atoms with Crippen molar-refractivity contribution in [3.8, 4) is 12.1 Å². The highest BCUT2D eigenvalue weighted by molar-refractivity contribution is 5.63. The molecule has 1 aromatic carbocycles. The topological polar surface area (TPSA) is 72.5 Å². The Morgan fingerprint density at radius 2 is 1.78 bits per heavy atom. The summed E-state index contributed by atoms with van der Waals surface area (Å²) in [4.78, 5) is 4.13. The van der Waals surface area contributed by atoms with Gasteiger partial charge in [0.2, 0.25) is 0 Å². The van der Waals surface area contributed by atoms with Gasteiger partial charge in [-0.1, -0.05) is 6.07 Å². The molecular formula is C14H10N4. The van der Waals surface area contributed by atoms with E-state index < -0.39 is 0 Å². The SMILES string of the molecule is Cc1ccc(C#N)cc1Nc1cc(C#N)ccn1. The summed E-state index contributed by atoms with van der Waals surface area (Å²) >= 11 is 0. The first-order valence-electron chi connectivity index (χ1n) is 5.37. The number of benzene rings is 1. The van der Waals surface area contributed by atoms with Gasteiger partial charge in [-0.25, -0.2) is 4.98 Å². The molecule has 18 heavy (non-hydrogen) atoms. The van der Waals surface area contributed by atoms with Crippen LogP contribution in [0.3, 0.4) is 0 Å². The quantitative estimate of drug-likeness (QED) is 0.867. The summed E-state index contributed by atoms with van der Waals surface area (Å²) in [6.07, 6.45) is 1.57. The Bertz CT molecular complexity index is 662. The lowest BCUT2D eigenvalue weighted by molar-refractivity contribution is 1.28. The van der Waals surface area contributed by atoms with E-state index in [0.29, 0.717) is 16.9 Å². The molecular weight excluding hydrogens is 224 g/mol. The lowest BCUT2D eigenvalue weighted by atomic mass is 10.1. The third-order valence-corrected chi connectivity index (χ3v) is 2.52. The van der Waals surface area contributed by atoms with E-state index in [1.165, 1.54) is 0 Å². The molecule has 0 fully saturated rings. The second-order valence-electron chi connectivity index (χ2n) is 3.81. The van der Waals surface area contributed by atoms with Crippen LogP contribution in [0, 0.1) is 29.6 Å². The molecule has 86 valence electrons. The molecule has 2 rings (SSSR count). The Balaban J connectivity index is 2.34. The minimum atomic E-state index is 0.543. The molecule has 4 nitrogen and oxygen atoms in total. The van der Waals surface area contributed by atoms with Crippen molar-refractivity contribution in [2.75, 3.05) is 5.32 Å². The van der Waals surface area contributed by atoms with Crippen molar-refractivity contribution in [3.63, 3.8) is 0 Å². The fraction of sp³-hybridized carbons (Fsp3) is 0.0714. The van der Waals surface area contributed by atoms with Gasteiger partial charge in [0.25, 0.3) is 0 Å². The van der Waals surface area contributed by atoms with Gasteiger partial charge >= 0.3 is 0 Å². The number of nitrogens with zero attached hydrogens (tertiary/aromatic N) is 3. The number of aromatic nitrogens is 1. The molecule has 0 saturated heterocycles. The molecule has 0 bridgehead atoms. The second-order valence-corrected chi connectivity index (χ2v) is 3.81. The normalized spacial score (nSPS) is 9.28. The molecule has 1 heterocycles. The van der Waals surface area contributed by atoms with Crippen molar-refractivity contribution in [2.24, 2.45) is 0 Å². The van der Waals surface area contributed by atoms with Crippen LogP contribution in [-0.4, -0.2) is 4.98 Å². The van der Waals surface area contributed by atoms with E-state index in [4.69, 9.17) is 10.5 Å². The lowest BCUT2D eigenvalue weighted by Gasteiger charge is -2.09. The van der Waals surface area contributed by atoms with Crippen molar-refractivity contribution in [1.82, 2.24) is 4.98 Å². The summed E-state index contributed by atoms with van der Waals surface area (Å²) < 4.78 is 0. The van der Waals surface area contributed by atoms with Crippen LogP contribution in [0.2, 0.25) is 0 Å². The molecule has 0 atom stereocenters. The standard InChI is InChI=1S/C14H10N4/c1-10-2-3-11(8-15)6-13(10)18-14-7-12(9-16)4-5-17-14/h2-7H,1H3,(H,17,18). The maximum atomic E-state index is 8.86. The van der Waals surface area contributed by atoms with Gasteiger partial charge in [-0.15, -0.1) is 0 Å². The first-order valence-corrected chi connectivity index (χ1v) is 5.37. The predicted octanol–water partition coefficient (Wildman–Crippen LogP) is 2.88. The van der Waals surface area contributed by atoms with Crippen LogP contribution in [0.5, 0.6) is 0 Å². The molecule has 0 aliphatic heterocycles. The molecule has 0 radical (unpaired) electrons. The molecule has 4 heteroatoms. The van der Waals surface area contributed by atoms with E-state index in [1.54, 1.807) is 30.5 Å². The number of anilines is 2. The highest BCUT2D eigenvalue weighted by Gasteiger charge is 2.02. The maximum Gasteiger partial charge on any atom is 0.131 e. The van der Waals surface area contributed by atoms with E-state index in [9.17, 15) is 0 Å². The highest BCUT2D eigenvalue weighted by Crippen LogP contribution is 2.20. The van der Waals surface area contributed by atoms with Crippen molar-refractivity contribution in [2.45, 2.75) is 6.92 Å². The lowest BCUT2D eigenvalue weighted by Crippen LogP contribution is -1.96. The average Bonchev–Trinajstić information content (AvgIpc) is 2.41. The Morgan fingerprint density at radius 3 is 2.50 bits per heavy atom. The van der Waals surface area contributed by atoms with Gasteiger partial charge in [-0.2, -0.15) is 10.5 Å². The predicted molar refractivity (Wildman–Crippen MR) is 68.1 cm³/mol. The number of aryl methyl sites for hydroxylation is 1. The van der Waals surface area contributed by atoms with E-state index >= 15 is 0 Å². The molecule has 0 unspecified atom stereocenters. The van der Waals surface area contributed by atoms with Crippen LogP contribution < -0.4 is 5.32 Å². The third-order valence-electron chi connectivity index (χ3n) is 2.52. The Kier molecular flexibility index (Phi) is 3.22. The largest absolute Gasteiger partial charge is 0.340 e. The Hall–Kier alpha value is -2.85. The average molecular weight is 234 g/mol. The van der Waals surface area contributed by atoms with Crippen LogP contribution in [0.1, 0.15) is 16.7 Å². The number of rotatable bonds is 2. The van der Waals surface area contributed by atoms with Crippen LogP contribution in [0.4, 0.5) is 11.5 Å². The van der Waals surface area contributed by atoms with Crippen LogP contribution in [0.15, 0.2) is 36.5 Å². The van der Waals surface area contributed by atoms with Crippen LogP contribution in [0.25, 0.3) is 0 Å². The minimum Gasteiger partial charge on any atom is -0.340 e. The summed E-state index contributed by atoms with van der Waals surface area (Å²) in [6.45, 7) is 1.94. The van der Waals surface area contributed by atoms with E-state index in [2.05, 4.69) is 22.4 Å². The second kappa shape index (κ2) is 4.99. The summed E-state index contributed by atoms with van der Waals surface area (Å²) in [5.41, 5.74) is 2.95.